The molecular formula is C26H34NP+2. The van der Waals surface area contributed by atoms with Gasteiger partial charge >= 0.3 is 0 Å². The summed E-state index contributed by atoms with van der Waals surface area (Å²) >= 11 is 0. The quantitative estimate of drug-likeness (QED) is 0.366. The van der Waals surface area contributed by atoms with E-state index in [2.05, 4.69) is 131 Å². The average Bonchev–Trinajstić information content (AvgIpc) is 2.69. The van der Waals surface area contributed by atoms with Gasteiger partial charge in [0.1, 0.15) is 10.6 Å². The van der Waals surface area contributed by atoms with Gasteiger partial charge < -0.3 is 0 Å². The predicted molar refractivity (Wildman–Crippen MR) is 124 cm³/mol. The lowest BCUT2D eigenvalue weighted by Crippen LogP contribution is -2.50. The minimum Gasteiger partial charge on any atom is -0.197 e. The lowest BCUT2D eigenvalue weighted by molar-refractivity contribution is -0.724. The SMILES string of the molecule is CC(C)[n+]1ccccc1C(C)(C)[P+](c1ccccc1)(c1ccccc1)C(C)C. The number of hydrogen-bond donors (Lipinski definition) is 0. The standard InChI is InChI=1S/C26H34NP/c1-21(2)27-20-14-13-19-25(27)26(5,6)28(22(3)4,23-15-9-7-10-16-23)24-17-11-8-12-18-24/h7-22H,1-6H3/q+2. The Hall–Kier alpha value is -1.98. The van der Waals surface area contributed by atoms with Crippen LogP contribution in [0.3, 0.4) is 0 Å². The van der Waals surface area contributed by atoms with Crippen LogP contribution in [0.1, 0.15) is 53.3 Å². The second kappa shape index (κ2) is 8.18. The van der Waals surface area contributed by atoms with Gasteiger partial charge in [-0.05, 0) is 71.9 Å². The Balaban J connectivity index is 2.40. The van der Waals surface area contributed by atoms with E-state index in [0.29, 0.717) is 11.7 Å². The van der Waals surface area contributed by atoms with Crippen LogP contribution in [0.15, 0.2) is 85.1 Å². The van der Waals surface area contributed by atoms with Crippen LogP contribution < -0.4 is 15.2 Å². The highest BCUT2D eigenvalue weighted by Crippen LogP contribution is 2.73. The molecule has 0 atom stereocenters. The van der Waals surface area contributed by atoms with Crippen molar-refractivity contribution in [3.8, 4) is 0 Å². The Morgan fingerprint density at radius 1 is 0.679 bits per heavy atom. The molecule has 0 unspecified atom stereocenters. The van der Waals surface area contributed by atoms with Crippen LogP contribution in [0, 0.1) is 0 Å². The first-order valence-electron chi connectivity index (χ1n) is 10.3. The summed E-state index contributed by atoms with van der Waals surface area (Å²) in [6.45, 7) is 14.3. The van der Waals surface area contributed by atoms with E-state index in [9.17, 15) is 0 Å². The molecular weight excluding hydrogens is 357 g/mol. The van der Waals surface area contributed by atoms with Crippen LogP contribution in [0.2, 0.25) is 0 Å². The summed E-state index contributed by atoms with van der Waals surface area (Å²) in [7, 11) is -1.79. The molecule has 1 aromatic heterocycles. The third-order valence-corrected chi connectivity index (χ3v) is 11.8. The normalized spacial score (nSPS) is 12.6. The third kappa shape index (κ3) is 3.31. The second-order valence-electron chi connectivity index (χ2n) is 8.63. The molecule has 0 bridgehead atoms. The molecule has 0 aliphatic carbocycles. The maximum atomic E-state index is 2.47. The predicted octanol–water partition coefficient (Wildman–Crippen LogP) is 5.87. The molecule has 1 heterocycles. The second-order valence-corrected chi connectivity index (χ2v) is 13.3. The van der Waals surface area contributed by atoms with Crippen molar-refractivity contribution < 1.29 is 4.57 Å². The summed E-state index contributed by atoms with van der Waals surface area (Å²) in [4.78, 5) is 0. The molecule has 0 saturated carbocycles. The largest absolute Gasteiger partial charge is 0.225 e. The zero-order valence-corrected chi connectivity index (χ0v) is 19.0. The molecule has 0 radical (unpaired) electrons. The van der Waals surface area contributed by atoms with Gasteiger partial charge in [0.05, 0.1) is 12.9 Å². The molecule has 0 aliphatic rings. The maximum Gasteiger partial charge on any atom is 0.225 e. The van der Waals surface area contributed by atoms with E-state index in [0.717, 1.165) is 0 Å². The summed E-state index contributed by atoms with van der Waals surface area (Å²) < 4.78 is 2.46. The molecule has 2 heteroatoms. The molecule has 0 fully saturated rings. The molecule has 3 rings (SSSR count). The zero-order chi connectivity index (χ0) is 20.4. The fourth-order valence-electron chi connectivity index (χ4n) is 4.97. The van der Waals surface area contributed by atoms with E-state index < -0.39 is 7.26 Å². The van der Waals surface area contributed by atoms with Gasteiger partial charge in [-0.1, -0.05) is 36.4 Å². The first-order valence-corrected chi connectivity index (χ1v) is 12.2. The summed E-state index contributed by atoms with van der Waals surface area (Å²) in [5.74, 6) is 0. The zero-order valence-electron chi connectivity index (χ0n) is 18.1. The number of benzene rings is 2. The van der Waals surface area contributed by atoms with Crippen molar-refractivity contribution in [2.24, 2.45) is 0 Å². The van der Waals surface area contributed by atoms with E-state index in [1.807, 2.05) is 0 Å². The highest BCUT2D eigenvalue weighted by Gasteiger charge is 2.62. The fraction of sp³-hybridized carbons (Fsp3) is 0.346. The van der Waals surface area contributed by atoms with Gasteiger partial charge in [-0.2, -0.15) is 4.57 Å². The van der Waals surface area contributed by atoms with Crippen molar-refractivity contribution in [2.75, 3.05) is 0 Å². The molecule has 0 saturated heterocycles. The summed E-state index contributed by atoms with van der Waals surface area (Å²) in [5, 5.41) is 2.95. The molecule has 3 aromatic rings. The summed E-state index contributed by atoms with van der Waals surface area (Å²) in [6.07, 6.45) is 2.24. The van der Waals surface area contributed by atoms with Crippen molar-refractivity contribution >= 4 is 17.9 Å². The number of rotatable bonds is 6. The van der Waals surface area contributed by atoms with Crippen LogP contribution in [0.25, 0.3) is 0 Å². The molecule has 0 aliphatic heterocycles. The molecule has 146 valence electrons. The van der Waals surface area contributed by atoms with Gasteiger partial charge in [-0.25, -0.2) is 0 Å². The molecule has 28 heavy (non-hydrogen) atoms. The van der Waals surface area contributed by atoms with Crippen molar-refractivity contribution in [1.29, 1.82) is 0 Å². The minimum atomic E-state index is -1.79. The van der Waals surface area contributed by atoms with Crippen molar-refractivity contribution in [1.82, 2.24) is 0 Å². The maximum absolute atomic E-state index is 2.47. The molecule has 0 spiro atoms. The Bertz CT molecular complexity index is 858. The highest BCUT2D eigenvalue weighted by atomic mass is 31.2. The van der Waals surface area contributed by atoms with E-state index in [1.54, 1.807) is 0 Å². The van der Waals surface area contributed by atoms with Crippen molar-refractivity contribution in [3.63, 3.8) is 0 Å². The number of hydrogen-bond acceptors (Lipinski definition) is 0. The van der Waals surface area contributed by atoms with Crippen LogP contribution in [-0.2, 0) is 5.16 Å². The van der Waals surface area contributed by atoms with Crippen LogP contribution in [0.5, 0.6) is 0 Å². The molecule has 2 aromatic carbocycles. The van der Waals surface area contributed by atoms with E-state index >= 15 is 0 Å². The van der Waals surface area contributed by atoms with Crippen LogP contribution >= 0.6 is 7.26 Å². The van der Waals surface area contributed by atoms with Crippen molar-refractivity contribution in [3.05, 3.63) is 90.8 Å². The van der Waals surface area contributed by atoms with Gasteiger partial charge in [-0.15, -0.1) is 0 Å². The average molecular weight is 392 g/mol. The fourth-order valence-corrected chi connectivity index (χ4v) is 10.9. The Labute approximate surface area is 171 Å². The molecule has 0 N–H and O–H groups in total. The monoisotopic (exact) mass is 391 g/mol. The molecule has 1 nitrogen and oxygen atoms in total. The summed E-state index contributed by atoms with van der Waals surface area (Å²) in [6, 6.07) is 29.6. The van der Waals surface area contributed by atoms with Crippen LogP contribution in [-0.4, -0.2) is 5.66 Å². The molecule has 0 amide bonds. The lowest BCUT2D eigenvalue weighted by Gasteiger charge is -2.41. The lowest BCUT2D eigenvalue weighted by atomic mass is 10.1. The van der Waals surface area contributed by atoms with Gasteiger partial charge in [0, 0.05) is 12.1 Å². The van der Waals surface area contributed by atoms with E-state index in [4.69, 9.17) is 0 Å². The van der Waals surface area contributed by atoms with Crippen molar-refractivity contribution in [2.45, 2.75) is 58.4 Å². The van der Waals surface area contributed by atoms with E-state index in [-0.39, 0.29) is 5.16 Å². The number of pyridine rings is 1. The summed E-state index contributed by atoms with van der Waals surface area (Å²) in [5.41, 5.74) is 1.94. The Morgan fingerprint density at radius 3 is 1.57 bits per heavy atom. The third-order valence-electron chi connectivity index (χ3n) is 6.06. The van der Waals surface area contributed by atoms with Gasteiger partial charge in [-0.3, -0.25) is 0 Å². The van der Waals surface area contributed by atoms with Gasteiger partial charge in [0.25, 0.3) is 0 Å². The Morgan fingerprint density at radius 2 is 1.14 bits per heavy atom. The number of nitrogens with zero attached hydrogens (tertiary/aromatic N) is 1. The smallest absolute Gasteiger partial charge is 0.197 e. The van der Waals surface area contributed by atoms with E-state index in [1.165, 1.54) is 16.3 Å². The highest BCUT2D eigenvalue weighted by molar-refractivity contribution is 7.90. The topological polar surface area (TPSA) is 3.88 Å². The number of aromatic nitrogens is 1. The van der Waals surface area contributed by atoms with Gasteiger partial charge in [0.15, 0.2) is 17.4 Å². The van der Waals surface area contributed by atoms with Gasteiger partial charge in [0.2, 0.25) is 5.69 Å². The first-order chi connectivity index (χ1) is 13.3. The van der Waals surface area contributed by atoms with Crippen LogP contribution in [0.4, 0.5) is 0 Å². The minimum absolute atomic E-state index is 0.0184. The first kappa shape index (κ1) is 20.7. The Kier molecular flexibility index (Phi) is 6.06.